The fourth-order valence-corrected chi connectivity index (χ4v) is 9.07. The van der Waals surface area contributed by atoms with Crippen molar-refractivity contribution < 1.29 is 39.5 Å². The molecule has 2 fully saturated rings. The summed E-state index contributed by atoms with van der Waals surface area (Å²) in [5.41, 5.74) is 3.83. The van der Waals surface area contributed by atoms with Gasteiger partial charge in [-0.2, -0.15) is 0 Å². The lowest BCUT2D eigenvalue weighted by Gasteiger charge is -2.50. The fraction of sp³-hybridized carbons (Fsp3) is 0.629. The molecule has 3 aliphatic carbocycles. The second-order valence-electron chi connectivity index (χ2n) is 14.8. The number of benzene rings is 1. The number of ketones is 2. The molecule has 0 radical (unpaired) electrons. The van der Waals surface area contributed by atoms with Gasteiger partial charge in [-0.3, -0.25) is 29.1 Å². The first-order valence-corrected chi connectivity index (χ1v) is 16.9. The molecule has 6 atom stereocenters. The molecule has 262 valence electrons. The van der Waals surface area contributed by atoms with E-state index in [-0.39, 0.29) is 41.9 Å². The maximum Gasteiger partial charge on any atom is 0.255 e. The standard InChI is InChI=1S/C35H49N5O8/c1-17-14-40(15-18(2)48-17)21-7-9-39(10-8-21)16-20-13-24(37(3)4)22-11-19-12-23-28(38(5)6)31(43)27(34(36)46)33(45)35(23,47)32(44)25(19)30(42)26(22)29(20)41/h13,17-19,21,23,28,41,43-44,47H,7-12,14-16H2,1-6H3,(H2,36,46)/t17?,18?,19-,23-,28-,35-/m0/s1. The molecule has 2 heterocycles. The van der Waals surface area contributed by atoms with Crippen molar-refractivity contribution >= 4 is 23.2 Å². The quantitative estimate of drug-likeness (QED) is 0.275. The van der Waals surface area contributed by atoms with Gasteiger partial charge in [0.1, 0.15) is 22.8 Å². The number of anilines is 1. The molecule has 13 nitrogen and oxygen atoms in total. The molecule has 2 saturated heterocycles. The van der Waals surface area contributed by atoms with Crippen LogP contribution < -0.4 is 10.6 Å². The number of primary amides is 1. The number of nitrogens with two attached hydrogens (primary N) is 1. The average molecular weight is 668 g/mol. The van der Waals surface area contributed by atoms with Gasteiger partial charge in [-0.1, -0.05) is 0 Å². The fourth-order valence-electron chi connectivity index (χ4n) is 9.07. The van der Waals surface area contributed by atoms with Crippen molar-refractivity contribution in [2.75, 3.05) is 59.3 Å². The van der Waals surface area contributed by atoms with Gasteiger partial charge in [-0.25, -0.2) is 0 Å². The average Bonchev–Trinajstić information content (AvgIpc) is 2.99. The van der Waals surface area contributed by atoms with Crippen molar-refractivity contribution in [2.24, 2.45) is 17.6 Å². The van der Waals surface area contributed by atoms with Gasteiger partial charge < -0.3 is 35.8 Å². The first kappa shape index (κ1) is 34.4. The van der Waals surface area contributed by atoms with E-state index in [1.54, 1.807) is 19.0 Å². The number of nitrogens with zero attached hydrogens (tertiary/aromatic N) is 4. The Kier molecular flexibility index (Phi) is 8.91. The van der Waals surface area contributed by atoms with Crippen LogP contribution >= 0.6 is 0 Å². The third-order valence-corrected chi connectivity index (χ3v) is 11.2. The third kappa shape index (κ3) is 5.40. The van der Waals surface area contributed by atoms with E-state index in [0.717, 1.165) is 44.7 Å². The number of aliphatic hydroxyl groups excluding tert-OH is 2. The van der Waals surface area contributed by atoms with Gasteiger partial charge in [0.25, 0.3) is 5.91 Å². The number of hydrogen-bond donors (Lipinski definition) is 5. The molecule has 0 bridgehead atoms. The number of aliphatic hydroxyl groups is 3. The highest BCUT2D eigenvalue weighted by atomic mass is 16.5. The summed E-state index contributed by atoms with van der Waals surface area (Å²) in [6.07, 6.45) is 2.66. The Bertz CT molecular complexity index is 1590. The Hall–Kier alpha value is -3.49. The highest BCUT2D eigenvalue weighted by Gasteiger charge is 2.63. The summed E-state index contributed by atoms with van der Waals surface area (Å²) < 4.78 is 5.92. The van der Waals surface area contributed by atoms with Gasteiger partial charge in [-0.15, -0.1) is 0 Å². The summed E-state index contributed by atoms with van der Waals surface area (Å²) in [6.45, 7) is 8.12. The SMILES string of the molecule is CC1CN(C2CCN(Cc3cc(N(C)C)c4c(c3O)C(=O)C3=C(O)[C@]5(O)C(=O)C(C(N)=O)=C(O)[C@@H](N(C)C)[C@@H]5C[C@@H]3C4)CC2)CC(C)O1. The van der Waals surface area contributed by atoms with Crippen LogP contribution in [0.5, 0.6) is 5.75 Å². The Morgan fingerprint density at radius 1 is 1.06 bits per heavy atom. The van der Waals surface area contributed by atoms with Crippen molar-refractivity contribution in [1.82, 2.24) is 14.7 Å². The van der Waals surface area contributed by atoms with Crippen molar-refractivity contribution in [3.8, 4) is 5.75 Å². The molecule has 13 heteroatoms. The van der Waals surface area contributed by atoms with Crippen LogP contribution in [0.4, 0.5) is 5.69 Å². The zero-order valence-corrected chi connectivity index (χ0v) is 28.7. The number of carbonyl (C=O) groups excluding carboxylic acids is 3. The molecule has 0 saturated carbocycles. The summed E-state index contributed by atoms with van der Waals surface area (Å²) in [4.78, 5) is 48.5. The Morgan fingerprint density at radius 2 is 1.69 bits per heavy atom. The Balaban J connectivity index is 1.34. The Labute approximate surface area is 281 Å². The predicted octanol–water partition coefficient (Wildman–Crippen LogP) is 1.26. The van der Waals surface area contributed by atoms with Crippen molar-refractivity contribution in [1.29, 1.82) is 0 Å². The number of phenolic OH excluding ortho intramolecular Hbond substituents is 1. The largest absolute Gasteiger partial charge is 0.510 e. The molecule has 48 heavy (non-hydrogen) atoms. The number of likely N-dealkylation sites (N-methyl/N-ethyl adjacent to an activating group) is 1. The summed E-state index contributed by atoms with van der Waals surface area (Å²) in [7, 11) is 6.97. The van der Waals surface area contributed by atoms with Crippen molar-refractivity contribution in [2.45, 2.75) is 76.0 Å². The molecular formula is C35H49N5O8. The van der Waals surface area contributed by atoms with Gasteiger partial charge >= 0.3 is 0 Å². The number of aromatic hydroxyl groups is 1. The highest BCUT2D eigenvalue weighted by Crippen LogP contribution is 2.53. The van der Waals surface area contributed by atoms with E-state index in [1.165, 1.54) is 0 Å². The van der Waals surface area contributed by atoms with Crippen molar-refractivity contribution in [3.05, 3.63) is 45.4 Å². The maximum absolute atomic E-state index is 14.4. The van der Waals surface area contributed by atoms with Gasteiger partial charge in [0.15, 0.2) is 11.4 Å². The number of Topliss-reactive ketones (excluding diaryl/α,β-unsaturated/α-hetero) is 2. The molecule has 2 unspecified atom stereocenters. The number of hydrogen-bond acceptors (Lipinski definition) is 12. The van der Waals surface area contributed by atoms with Gasteiger partial charge in [-0.05, 0) is 84.3 Å². The van der Waals surface area contributed by atoms with E-state index in [4.69, 9.17) is 10.5 Å². The predicted molar refractivity (Wildman–Crippen MR) is 178 cm³/mol. The van der Waals surface area contributed by atoms with Crippen LogP contribution in [0.2, 0.25) is 0 Å². The summed E-state index contributed by atoms with van der Waals surface area (Å²) in [5.74, 6) is -6.45. The first-order chi connectivity index (χ1) is 22.6. The topological polar surface area (TPSA) is 180 Å². The highest BCUT2D eigenvalue weighted by molar-refractivity contribution is 6.25. The summed E-state index contributed by atoms with van der Waals surface area (Å²) in [5, 5.41) is 46.3. The van der Waals surface area contributed by atoms with Gasteiger partial charge in [0.05, 0.1) is 23.8 Å². The number of phenols is 1. The molecule has 5 aliphatic rings. The van der Waals surface area contributed by atoms with Crippen LogP contribution in [-0.4, -0.2) is 137 Å². The number of rotatable bonds is 6. The zero-order valence-electron chi connectivity index (χ0n) is 28.7. The van der Waals surface area contributed by atoms with E-state index in [9.17, 15) is 34.8 Å². The molecule has 2 aliphatic heterocycles. The van der Waals surface area contributed by atoms with Crippen LogP contribution in [0.3, 0.4) is 0 Å². The number of fused-ring (bicyclic) bond motifs is 3. The Morgan fingerprint density at radius 3 is 2.25 bits per heavy atom. The first-order valence-electron chi connectivity index (χ1n) is 16.9. The normalized spacial score (nSPS) is 32.0. The van der Waals surface area contributed by atoms with Crippen LogP contribution in [0.15, 0.2) is 28.7 Å². The number of likely N-dealkylation sites (tertiary alicyclic amines) is 1. The van der Waals surface area contributed by atoms with E-state index in [2.05, 4.69) is 23.6 Å². The molecule has 0 spiro atoms. The number of piperidine rings is 1. The number of allylic oxidation sites excluding steroid dienone is 1. The molecule has 6 rings (SSSR count). The lowest BCUT2D eigenvalue weighted by molar-refractivity contribution is -0.148. The second-order valence-corrected chi connectivity index (χ2v) is 14.8. The van der Waals surface area contributed by atoms with E-state index in [1.807, 2.05) is 25.1 Å². The number of carbonyl (C=O) groups is 3. The smallest absolute Gasteiger partial charge is 0.255 e. The molecule has 0 aromatic heterocycles. The summed E-state index contributed by atoms with van der Waals surface area (Å²) >= 11 is 0. The molecule has 6 N–H and O–H groups in total. The maximum atomic E-state index is 14.4. The van der Waals surface area contributed by atoms with Crippen LogP contribution in [0, 0.1) is 11.8 Å². The number of ether oxygens (including phenoxy) is 1. The molecular weight excluding hydrogens is 618 g/mol. The molecule has 1 aromatic rings. The van der Waals surface area contributed by atoms with E-state index < -0.39 is 58.0 Å². The van der Waals surface area contributed by atoms with Crippen LogP contribution in [-0.2, 0) is 27.3 Å². The lowest BCUT2D eigenvalue weighted by Crippen LogP contribution is -2.63. The van der Waals surface area contributed by atoms with Gasteiger partial charge in [0.2, 0.25) is 5.78 Å². The van der Waals surface area contributed by atoms with E-state index in [0.29, 0.717) is 23.7 Å². The van der Waals surface area contributed by atoms with E-state index >= 15 is 0 Å². The second kappa shape index (κ2) is 12.4. The summed E-state index contributed by atoms with van der Waals surface area (Å²) in [6, 6.07) is 1.35. The molecule has 1 amide bonds. The lowest BCUT2D eigenvalue weighted by atomic mass is 9.58. The minimum atomic E-state index is -2.66. The zero-order chi connectivity index (χ0) is 35.0. The number of amides is 1. The number of morpholine rings is 1. The van der Waals surface area contributed by atoms with Crippen LogP contribution in [0.25, 0.3) is 0 Å². The van der Waals surface area contributed by atoms with Crippen LogP contribution in [0.1, 0.15) is 54.6 Å². The minimum absolute atomic E-state index is 0.0446. The van der Waals surface area contributed by atoms with Gasteiger partial charge in [0, 0.05) is 62.5 Å². The monoisotopic (exact) mass is 667 g/mol. The third-order valence-electron chi connectivity index (χ3n) is 11.2. The molecule has 1 aromatic carbocycles. The minimum Gasteiger partial charge on any atom is -0.510 e. The van der Waals surface area contributed by atoms with Crippen molar-refractivity contribution in [3.63, 3.8) is 0 Å².